The Morgan fingerprint density at radius 3 is 2.44 bits per heavy atom. The number of hydrogen-bond donors (Lipinski definition) is 0. The van der Waals surface area contributed by atoms with Crippen LogP contribution in [0, 0.1) is 0 Å². The lowest BCUT2D eigenvalue weighted by Crippen LogP contribution is -2.32. The summed E-state index contributed by atoms with van der Waals surface area (Å²) in [6, 6.07) is 9.94. The Bertz CT molecular complexity index is 308. The maximum atomic E-state index is 12.0. The molecule has 1 aromatic carbocycles. The van der Waals surface area contributed by atoms with E-state index < -0.39 is 0 Å². The maximum Gasteiger partial charge on any atom is 0.226 e. The molecule has 16 heavy (non-hydrogen) atoms. The molecule has 0 spiro atoms. The summed E-state index contributed by atoms with van der Waals surface area (Å²) in [7, 11) is 0. The second kappa shape index (κ2) is 7.04. The predicted octanol–water partition coefficient (Wildman–Crippen LogP) is 2.88. The SMILES string of the molecule is CCCCN(CC)C(=O)Cc1ccccc1. The number of benzene rings is 1. The Kier molecular flexibility index (Phi) is 5.62. The van der Waals surface area contributed by atoms with E-state index in [-0.39, 0.29) is 5.91 Å². The summed E-state index contributed by atoms with van der Waals surface area (Å²) in [5, 5.41) is 0. The van der Waals surface area contributed by atoms with E-state index in [0.29, 0.717) is 6.42 Å². The molecule has 0 saturated carbocycles. The van der Waals surface area contributed by atoms with E-state index in [1.165, 1.54) is 0 Å². The smallest absolute Gasteiger partial charge is 0.226 e. The van der Waals surface area contributed by atoms with Crippen molar-refractivity contribution < 1.29 is 4.79 Å². The van der Waals surface area contributed by atoms with Crippen LogP contribution in [0.2, 0.25) is 0 Å². The van der Waals surface area contributed by atoms with Gasteiger partial charge < -0.3 is 4.90 Å². The van der Waals surface area contributed by atoms with Crippen molar-refractivity contribution in [2.75, 3.05) is 13.1 Å². The van der Waals surface area contributed by atoms with Gasteiger partial charge in [0.25, 0.3) is 0 Å². The molecule has 0 fully saturated rings. The molecule has 0 unspecified atom stereocenters. The molecule has 0 aromatic heterocycles. The maximum absolute atomic E-state index is 12.0. The van der Waals surface area contributed by atoms with Gasteiger partial charge >= 0.3 is 0 Å². The molecule has 2 heteroatoms. The molecule has 1 rings (SSSR count). The molecule has 0 radical (unpaired) electrons. The van der Waals surface area contributed by atoms with E-state index in [4.69, 9.17) is 0 Å². The first-order valence-electron chi connectivity index (χ1n) is 6.09. The molecule has 1 aromatic rings. The first-order valence-corrected chi connectivity index (χ1v) is 6.09. The topological polar surface area (TPSA) is 20.3 Å². The molecule has 0 saturated heterocycles. The van der Waals surface area contributed by atoms with Crippen LogP contribution in [-0.4, -0.2) is 23.9 Å². The first kappa shape index (κ1) is 12.8. The highest BCUT2D eigenvalue weighted by atomic mass is 16.2. The second-order valence-corrected chi connectivity index (χ2v) is 3.99. The Hall–Kier alpha value is -1.31. The van der Waals surface area contributed by atoms with Gasteiger partial charge in [-0.2, -0.15) is 0 Å². The molecule has 0 aliphatic heterocycles. The molecule has 0 aliphatic rings. The van der Waals surface area contributed by atoms with Crippen LogP contribution in [0.25, 0.3) is 0 Å². The van der Waals surface area contributed by atoms with Gasteiger partial charge in [0.2, 0.25) is 5.91 Å². The lowest BCUT2D eigenvalue weighted by atomic mass is 10.1. The fraction of sp³-hybridized carbons (Fsp3) is 0.500. The van der Waals surface area contributed by atoms with Crippen LogP contribution in [0.4, 0.5) is 0 Å². The van der Waals surface area contributed by atoms with Gasteiger partial charge in [-0.25, -0.2) is 0 Å². The third-order valence-corrected chi connectivity index (χ3v) is 2.71. The zero-order valence-electron chi connectivity index (χ0n) is 10.3. The van der Waals surface area contributed by atoms with Crippen LogP contribution < -0.4 is 0 Å². The minimum Gasteiger partial charge on any atom is -0.343 e. The van der Waals surface area contributed by atoms with E-state index in [1.807, 2.05) is 42.2 Å². The third kappa shape index (κ3) is 4.05. The Balaban J connectivity index is 2.49. The van der Waals surface area contributed by atoms with Crippen LogP contribution in [-0.2, 0) is 11.2 Å². The summed E-state index contributed by atoms with van der Waals surface area (Å²) >= 11 is 0. The second-order valence-electron chi connectivity index (χ2n) is 3.99. The van der Waals surface area contributed by atoms with Gasteiger partial charge in [-0.05, 0) is 18.9 Å². The van der Waals surface area contributed by atoms with Gasteiger partial charge in [0.1, 0.15) is 0 Å². The number of carbonyl (C=O) groups is 1. The first-order chi connectivity index (χ1) is 7.77. The largest absolute Gasteiger partial charge is 0.343 e. The molecule has 88 valence electrons. The fourth-order valence-corrected chi connectivity index (χ4v) is 1.69. The number of likely N-dealkylation sites (N-methyl/N-ethyl adjacent to an activating group) is 1. The average molecular weight is 219 g/mol. The van der Waals surface area contributed by atoms with E-state index in [2.05, 4.69) is 6.92 Å². The summed E-state index contributed by atoms with van der Waals surface area (Å²) in [6.07, 6.45) is 2.75. The number of rotatable bonds is 6. The number of carbonyl (C=O) groups excluding carboxylic acids is 1. The molecule has 0 bridgehead atoms. The summed E-state index contributed by atoms with van der Waals surface area (Å²) in [6.45, 7) is 5.89. The van der Waals surface area contributed by atoms with Crippen molar-refractivity contribution in [2.45, 2.75) is 33.1 Å². The monoisotopic (exact) mass is 219 g/mol. The standard InChI is InChI=1S/C14H21NO/c1-3-5-11-15(4-2)14(16)12-13-9-7-6-8-10-13/h6-10H,3-5,11-12H2,1-2H3. The summed E-state index contributed by atoms with van der Waals surface area (Å²) in [5.41, 5.74) is 1.10. The quantitative estimate of drug-likeness (QED) is 0.720. The van der Waals surface area contributed by atoms with Crippen molar-refractivity contribution in [2.24, 2.45) is 0 Å². The Morgan fingerprint density at radius 2 is 1.88 bits per heavy atom. The van der Waals surface area contributed by atoms with Crippen molar-refractivity contribution in [1.29, 1.82) is 0 Å². The van der Waals surface area contributed by atoms with Gasteiger partial charge in [0.15, 0.2) is 0 Å². The molecule has 0 atom stereocenters. The molecular weight excluding hydrogens is 198 g/mol. The molecule has 0 N–H and O–H groups in total. The highest BCUT2D eigenvalue weighted by molar-refractivity contribution is 5.78. The highest BCUT2D eigenvalue weighted by Gasteiger charge is 2.10. The highest BCUT2D eigenvalue weighted by Crippen LogP contribution is 2.04. The van der Waals surface area contributed by atoms with E-state index in [0.717, 1.165) is 31.5 Å². The minimum absolute atomic E-state index is 0.238. The van der Waals surface area contributed by atoms with Gasteiger partial charge in [-0.3, -0.25) is 4.79 Å². The van der Waals surface area contributed by atoms with Crippen molar-refractivity contribution in [1.82, 2.24) is 4.90 Å². The van der Waals surface area contributed by atoms with Crippen molar-refractivity contribution in [3.8, 4) is 0 Å². The number of nitrogens with zero attached hydrogens (tertiary/aromatic N) is 1. The number of amides is 1. The van der Waals surface area contributed by atoms with Crippen molar-refractivity contribution in [3.05, 3.63) is 35.9 Å². The van der Waals surface area contributed by atoms with Crippen molar-refractivity contribution >= 4 is 5.91 Å². The predicted molar refractivity (Wildman–Crippen MR) is 67.3 cm³/mol. The van der Waals surface area contributed by atoms with Crippen LogP contribution in [0.5, 0.6) is 0 Å². The van der Waals surface area contributed by atoms with Crippen LogP contribution >= 0.6 is 0 Å². The van der Waals surface area contributed by atoms with Crippen molar-refractivity contribution in [3.63, 3.8) is 0 Å². The molecule has 0 aliphatic carbocycles. The van der Waals surface area contributed by atoms with Gasteiger partial charge in [-0.15, -0.1) is 0 Å². The van der Waals surface area contributed by atoms with Crippen LogP contribution in [0.15, 0.2) is 30.3 Å². The normalized spacial score (nSPS) is 10.1. The zero-order valence-corrected chi connectivity index (χ0v) is 10.3. The van der Waals surface area contributed by atoms with E-state index >= 15 is 0 Å². The van der Waals surface area contributed by atoms with Crippen LogP contribution in [0.3, 0.4) is 0 Å². The molecular formula is C14H21NO. The van der Waals surface area contributed by atoms with Gasteiger partial charge in [0.05, 0.1) is 6.42 Å². The molecule has 2 nitrogen and oxygen atoms in total. The summed E-state index contributed by atoms with van der Waals surface area (Å²) < 4.78 is 0. The van der Waals surface area contributed by atoms with Crippen LogP contribution in [0.1, 0.15) is 32.3 Å². The number of unbranched alkanes of at least 4 members (excludes halogenated alkanes) is 1. The third-order valence-electron chi connectivity index (χ3n) is 2.71. The Morgan fingerprint density at radius 1 is 1.19 bits per heavy atom. The molecule has 1 amide bonds. The minimum atomic E-state index is 0.238. The fourth-order valence-electron chi connectivity index (χ4n) is 1.69. The summed E-state index contributed by atoms with van der Waals surface area (Å²) in [5.74, 6) is 0.238. The lowest BCUT2D eigenvalue weighted by Gasteiger charge is -2.20. The van der Waals surface area contributed by atoms with Gasteiger partial charge in [0, 0.05) is 13.1 Å². The zero-order chi connectivity index (χ0) is 11.8. The average Bonchev–Trinajstić information content (AvgIpc) is 2.31. The van der Waals surface area contributed by atoms with Gasteiger partial charge in [-0.1, -0.05) is 43.7 Å². The summed E-state index contributed by atoms with van der Waals surface area (Å²) in [4.78, 5) is 13.9. The Labute approximate surface area is 98.3 Å². The van der Waals surface area contributed by atoms with E-state index in [9.17, 15) is 4.79 Å². The number of hydrogen-bond acceptors (Lipinski definition) is 1. The molecule has 0 heterocycles. The van der Waals surface area contributed by atoms with E-state index in [1.54, 1.807) is 0 Å². The lowest BCUT2D eigenvalue weighted by molar-refractivity contribution is -0.130.